The van der Waals surface area contributed by atoms with Gasteiger partial charge in [0, 0.05) is 42.7 Å². The van der Waals surface area contributed by atoms with E-state index in [4.69, 9.17) is 21.1 Å². The molecule has 166 valence electrons. The van der Waals surface area contributed by atoms with Crippen molar-refractivity contribution in [3.05, 3.63) is 53.1 Å². The van der Waals surface area contributed by atoms with Gasteiger partial charge in [-0.15, -0.1) is 0 Å². The Kier molecular flexibility index (Phi) is 7.96. The number of halogens is 1. The Morgan fingerprint density at radius 2 is 1.81 bits per heavy atom. The number of hydrogen-bond donors (Lipinski definition) is 2. The maximum absolute atomic E-state index is 6.72. The second kappa shape index (κ2) is 10.9. The molecule has 0 amide bonds. The number of hydrogen-bond acceptors (Lipinski definition) is 4. The number of H-pyrrole nitrogens is 1. The lowest BCUT2D eigenvalue weighted by Gasteiger charge is -2.28. The molecule has 3 aromatic rings. The molecular weight excluding hydrogens is 428 g/mol. The molecule has 0 spiro atoms. The second-order valence-corrected chi connectivity index (χ2v) is 9.64. The molecule has 0 radical (unpaired) electrons. The number of rotatable bonds is 9. The van der Waals surface area contributed by atoms with E-state index in [1.54, 1.807) is 26.2 Å². The summed E-state index contributed by atoms with van der Waals surface area (Å²) in [6, 6.07) is 15.5. The standard InChI is InChI=1S/C25H31ClN2O2S/c1-29-14-13-17-3-7-19(8-4-17)25-24(26)22-12-11-21(15-23(22)27-25)31-28-20-9-5-18(6-10-20)16-30-2/h3-4,7-8,11-12,15,18,20,27-28H,5-6,9-10,13-14,16H2,1-2H3. The Morgan fingerprint density at radius 1 is 1.03 bits per heavy atom. The molecule has 1 fully saturated rings. The lowest BCUT2D eigenvalue weighted by Crippen LogP contribution is -2.29. The maximum Gasteiger partial charge on any atom is 0.0740 e. The van der Waals surface area contributed by atoms with Crippen LogP contribution in [0, 0.1) is 5.92 Å². The molecule has 1 aliphatic rings. The van der Waals surface area contributed by atoms with Crippen LogP contribution in [-0.4, -0.2) is 38.5 Å². The molecule has 0 unspecified atom stereocenters. The quantitative estimate of drug-likeness (QED) is 0.360. The van der Waals surface area contributed by atoms with E-state index >= 15 is 0 Å². The van der Waals surface area contributed by atoms with Crippen LogP contribution < -0.4 is 4.72 Å². The normalized spacial score (nSPS) is 19.2. The average Bonchev–Trinajstić information content (AvgIpc) is 3.13. The van der Waals surface area contributed by atoms with Gasteiger partial charge in [-0.25, -0.2) is 0 Å². The fraction of sp³-hybridized carbons (Fsp3) is 0.440. The molecule has 0 bridgehead atoms. The van der Waals surface area contributed by atoms with E-state index in [0.29, 0.717) is 6.04 Å². The first-order valence-corrected chi connectivity index (χ1v) is 12.2. The van der Waals surface area contributed by atoms with Crippen molar-refractivity contribution >= 4 is 34.5 Å². The number of aromatic amines is 1. The fourth-order valence-electron chi connectivity index (χ4n) is 4.30. The largest absolute Gasteiger partial charge is 0.384 e. The third-order valence-electron chi connectivity index (χ3n) is 6.14. The van der Waals surface area contributed by atoms with Crippen LogP contribution in [0.4, 0.5) is 0 Å². The molecule has 1 heterocycles. The number of fused-ring (bicyclic) bond motifs is 1. The van der Waals surface area contributed by atoms with Crippen molar-refractivity contribution in [1.82, 2.24) is 9.71 Å². The highest BCUT2D eigenvalue weighted by Gasteiger charge is 2.21. The molecule has 0 saturated heterocycles. The third-order valence-corrected chi connectivity index (χ3v) is 7.47. The minimum absolute atomic E-state index is 0.563. The van der Waals surface area contributed by atoms with Gasteiger partial charge in [0.25, 0.3) is 0 Å². The summed E-state index contributed by atoms with van der Waals surface area (Å²) < 4.78 is 14.1. The second-order valence-electron chi connectivity index (χ2n) is 8.35. The highest BCUT2D eigenvalue weighted by Crippen LogP contribution is 2.36. The highest BCUT2D eigenvalue weighted by molar-refractivity contribution is 7.97. The summed E-state index contributed by atoms with van der Waals surface area (Å²) in [5, 5.41) is 1.84. The molecule has 2 aromatic carbocycles. The summed E-state index contributed by atoms with van der Waals surface area (Å²) in [4.78, 5) is 4.73. The van der Waals surface area contributed by atoms with Crippen LogP contribution in [0.3, 0.4) is 0 Å². The van der Waals surface area contributed by atoms with Gasteiger partial charge >= 0.3 is 0 Å². The van der Waals surface area contributed by atoms with Gasteiger partial charge in [0.15, 0.2) is 0 Å². The van der Waals surface area contributed by atoms with Gasteiger partial charge in [0.1, 0.15) is 0 Å². The predicted molar refractivity (Wildman–Crippen MR) is 131 cm³/mol. The van der Waals surface area contributed by atoms with Crippen molar-refractivity contribution in [1.29, 1.82) is 0 Å². The van der Waals surface area contributed by atoms with Crippen molar-refractivity contribution in [2.75, 3.05) is 27.4 Å². The van der Waals surface area contributed by atoms with E-state index in [1.165, 1.54) is 36.1 Å². The first kappa shape index (κ1) is 22.7. The molecular formula is C25H31ClN2O2S. The summed E-state index contributed by atoms with van der Waals surface area (Å²) in [6.45, 7) is 1.62. The van der Waals surface area contributed by atoms with Crippen molar-refractivity contribution in [2.45, 2.75) is 43.0 Å². The van der Waals surface area contributed by atoms with Crippen molar-refractivity contribution in [3.8, 4) is 11.3 Å². The average molecular weight is 459 g/mol. The minimum Gasteiger partial charge on any atom is -0.384 e. The van der Waals surface area contributed by atoms with Gasteiger partial charge in [-0.1, -0.05) is 41.9 Å². The van der Waals surface area contributed by atoms with Gasteiger partial charge in [0.05, 0.1) is 17.3 Å². The van der Waals surface area contributed by atoms with E-state index in [1.807, 2.05) is 0 Å². The van der Waals surface area contributed by atoms with Crippen LogP contribution in [0.15, 0.2) is 47.4 Å². The van der Waals surface area contributed by atoms with Gasteiger partial charge in [-0.3, -0.25) is 4.72 Å². The van der Waals surface area contributed by atoms with Gasteiger partial charge in [0.2, 0.25) is 0 Å². The Morgan fingerprint density at radius 3 is 2.52 bits per heavy atom. The summed E-state index contributed by atoms with van der Waals surface area (Å²) >= 11 is 8.44. The Bertz CT molecular complexity index is 981. The third kappa shape index (κ3) is 5.65. The molecule has 1 aromatic heterocycles. The van der Waals surface area contributed by atoms with Gasteiger partial charge < -0.3 is 14.5 Å². The zero-order valence-corrected chi connectivity index (χ0v) is 19.8. The summed E-state index contributed by atoms with van der Waals surface area (Å²) in [7, 11) is 3.53. The topological polar surface area (TPSA) is 46.3 Å². The molecule has 0 atom stereocenters. The van der Waals surface area contributed by atoms with Gasteiger partial charge in [-0.2, -0.15) is 0 Å². The molecule has 1 aliphatic carbocycles. The van der Waals surface area contributed by atoms with Crippen LogP contribution in [0.2, 0.25) is 5.02 Å². The number of methoxy groups -OCH3 is 2. The molecule has 1 saturated carbocycles. The predicted octanol–water partition coefficient (Wildman–Crippen LogP) is 6.48. The van der Waals surface area contributed by atoms with Gasteiger partial charge in [-0.05, 0) is 73.2 Å². The van der Waals surface area contributed by atoms with Crippen molar-refractivity contribution in [3.63, 3.8) is 0 Å². The molecule has 4 rings (SSSR count). The summed E-state index contributed by atoms with van der Waals surface area (Å²) in [5.74, 6) is 0.720. The van der Waals surface area contributed by atoms with E-state index in [9.17, 15) is 0 Å². The molecule has 0 aliphatic heterocycles. The maximum atomic E-state index is 6.72. The monoisotopic (exact) mass is 458 g/mol. The van der Waals surface area contributed by atoms with Crippen LogP contribution >= 0.6 is 23.5 Å². The van der Waals surface area contributed by atoms with Crippen molar-refractivity contribution < 1.29 is 9.47 Å². The van der Waals surface area contributed by atoms with Crippen molar-refractivity contribution in [2.24, 2.45) is 5.92 Å². The first-order chi connectivity index (χ1) is 15.2. The molecule has 31 heavy (non-hydrogen) atoms. The van der Waals surface area contributed by atoms with E-state index in [2.05, 4.69) is 52.2 Å². The van der Waals surface area contributed by atoms with Crippen LogP contribution in [-0.2, 0) is 15.9 Å². The molecule has 4 nitrogen and oxygen atoms in total. The van der Waals surface area contributed by atoms with E-state index in [0.717, 1.165) is 52.7 Å². The van der Waals surface area contributed by atoms with E-state index in [-0.39, 0.29) is 0 Å². The zero-order chi connectivity index (χ0) is 21.6. The van der Waals surface area contributed by atoms with Crippen LogP contribution in [0.5, 0.6) is 0 Å². The fourth-order valence-corrected chi connectivity index (χ4v) is 5.47. The van der Waals surface area contributed by atoms with Crippen LogP contribution in [0.25, 0.3) is 22.2 Å². The van der Waals surface area contributed by atoms with E-state index < -0.39 is 0 Å². The summed E-state index contributed by atoms with van der Waals surface area (Å²) in [6.07, 6.45) is 5.82. The Balaban J connectivity index is 1.42. The first-order valence-electron chi connectivity index (χ1n) is 11.0. The Labute approximate surface area is 194 Å². The number of nitrogens with one attached hydrogen (secondary N) is 2. The number of aromatic nitrogens is 1. The lowest BCUT2D eigenvalue weighted by atomic mass is 9.87. The molecule has 6 heteroatoms. The Hall–Kier alpha value is -1.50. The van der Waals surface area contributed by atoms with Crippen LogP contribution in [0.1, 0.15) is 31.2 Å². The molecule has 2 N–H and O–H groups in total. The lowest BCUT2D eigenvalue weighted by molar-refractivity contribution is 0.126. The highest BCUT2D eigenvalue weighted by atomic mass is 35.5. The smallest absolute Gasteiger partial charge is 0.0740 e. The minimum atomic E-state index is 0.563. The SMILES string of the molecule is COCCc1ccc(-c2[nH]c3cc(SNC4CCC(COC)CC4)ccc3c2Cl)cc1. The summed E-state index contributed by atoms with van der Waals surface area (Å²) in [5.41, 5.74) is 4.40. The number of ether oxygens (including phenoxy) is 2. The zero-order valence-electron chi connectivity index (χ0n) is 18.2. The number of benzene rings is 2.